The smallest absolute Gasteiger partial charge is 0.191 e. The minimum atomic E-state index is 0. The highest BCUT2D eigenvalue weighted by atomic mass is 127. The van der Waals surface area contributed by atoms with Gasteiger partial charge >= 0.3 is 0 Å². The first-order valence-corrected chi connectivity index (χ1v) is 10.6. The van der Waals surface area contributed by atoms with E-state index in [9.17, 15) is 5.26 Å². The van der Waals surface area contributed by atoms with Crippen molar-refractivity contribution in [3.63, 3.8) is 0 Å². The molecule has 0 aliphatic heterocycles. The molecule has 0 aliphatic carbocycles. The number of ether oxygens (including phenoxy) is 1. The molecule has 2 aromatic carbocycles. The van der Waals surface area contributed by atoms with Gasteiger partial charge in [0.25, 0.3) is 0 Å². The van der Waals surface area contributed by atoms with Gasteiger partial charge in [0, 0.05) is 13.1 Å². The van der Waals surface area contributed by atoms with Crippen molar-refractivity contribution in [2.45, 2.75) is 26.3 Å². The third kappa shape index (κ3) is 7.12. The number of aliphatic imine (C=N–C) groups is 1. The molecule has 3 rings (SSSR count). The van der Waals surface area contributed by atoms with Gasteiger partial charge in [-0.05, 0) is 49.6 Å². The van der Waals surface area contributed by atoms with E-state index >= 15 is 0 Å². The number of rotatable bonds is 9. The monoisotopic (exact) mass is 559 g/mol. The van der Waals surface area contributed by atoms with E-state index in [1.165, 1.54) is 0 Å². The van der Waals surface area contributed by atoms with E-state index in [1.807, 2.05) is 61.5 Å². The molecule has 33 heavy (non-hydrogen) atoms. The average Bonchev–Trinajstić information content (AvgIpc) is 3.16. The first-order chi connectivity index (χ1) is 15.7. The molecule has 0 atom stereocenters. The predicted octanol–water partition coefficient (Wildman–Crippen LogP) is 3.64. The molecule has 9 heteroatoms. The fourth-order valence-electron chi connectivity index (χ4n) is 3.25. The molecule has 0 fully saturated rings. The van der Waals surface area contributed by atoms with Gasteiger partial charge in [0.05, 0.1) is 25.0 Å². The third-order valence-corrected chi connectivity index (χ3v) is 4.91. The quantitative estimate of drug-likeness (QED) is 0.160. The highest BCUT2D eigenvalue weighted by Gasteiger charge is 2.16. The lowest BCUT2D eigenvalue weighted by atomic mass is 10.1. The van der Waals surface area contributed by atoms with Crippen molar-refractivity contribution in [3.05, 3.63) is 71.4 Å². The Morgan fingerprint density at radius 1 is 1.15 bits per heavy atom. The second kappa shape index (κ2) is 13.3. The average molecular weight is 559 g/mol. The lowest BCUT2D eigenvalue weighted by Crippen LogP contribution is -2.37. The molecule has 8 nitrogen and oxygen atoms in total. The lowest BCUT2D eigenvalue weighted by Gasteiger charge is -2.11. The van der Waals surface area contributed by atoms with E-state index in [-0.39, 0.29) is 24.0 Å². The minimum absolute atomic E-state index is 0. The summed E-state index contributed by atoms with van der Waals surface area (Å²) < 4.78 is 6.82. The number of hydrogen-bond acceptors (Lipinski definition) is 5. The summed E-state index contributed by atoms with van der Waals surface area (Å²) >= 11 is 0. The van der Waals surface area contributed by atoms with Crippen molar-refractivity contribution in [2.24, 2.45) is 4.99 Å². The number of methoxy groups -OCH3 is 1. The van der Waals surface area contributed by atoms with Crippen LogP contribution in [-0.4, -0.2) is 35.9 Å². The molecule has 3 aromatic rings. The molecule has 0 spiro atoms. The van der Waals surface area contributed by atoms with Gasteiger partial charge in [0.15, 0.2) is 5.96 Å². The number of nitriles is 1. The second-order valence-corrected chi connectivity index (χ2v) is 7.14. The fraction of sp³-hybridized carbons (Fsp3) is 0.292. The number of nitrogens with zero attached hydrogens (tertiary/aromatic N) is 4. The summed E-state index contributed by atoms with van der Waals surface area (Å²) in [4.78, 5) is 4.64. The Labute approximate surface area is 211 Å². The SMILES string of the molecule is CCNC(=NCc1ccc(OC)cc1)NCCCc1nn(-c2ccccc2)c(N)c1C#N.I. The van der Waals surface area contributed by atoms with E-state index < -0.39 is 0 Å². The lowest BCUT2D eigenvalue weighted by molar-refractivity contribution is 0.414. The number of aromatic nitrogens is 2. The zero-order chi connectivity index (χ0) is 22.8. The van der Waals surface area contributed by atoms with Crippen LogP contribution in [0.5, 0.6) is 5.75 Å². The molecule has 1 aromatic heterocycles. The summed E-state index contributed by atoms with van der Waals surface area (Å²) in [7, 11) is 1.65. The van der Waals surface area contributed by atoms with Crippen LogP contribution in [0.2, 0.25) is 0 Å². The summed E-state index contributed by atoms with van der Waals surface area (Å²) in [6.07, 6.45) is 1.42. The van der Waals surface area contributed by atoms with Crippen LogP contribution in [-0.2, 0) is 13.0 Å². The van der Waals surface area contributed by atoms with Crippen LogP contribution in [0.15, 0.2) is 59.6 Å². The van der Waals surface area contributed by atoms with E-state index in [4.69, 9.17) is 10.5 Å². The van der Waals surface area contributed by atoms with Crippen LogP contribution in [0.4, 0.5) is 5.82 Å². The zero-order valence-electron chi connectivity index (χ0n) is 18.9. The number of hydrogen-bond donors (Lipinski definition) is 3. The molecule has 0 bridgehead atoms. The number of anilines is 1. The second-order valence-electron chi connectivity index (χ2n) is 7.14. The molecule has 0 unspecified atom stereocenters. The number of nitrogens with two attached hydrogens (primary N) is 1. The van der Waals surface area contributed by atoms with E-state index in [1.54, 1.807) is 11.8 Å². The summed E-state index contributed by atoms with van der Waals surface area (Å²) in [5.41, 5.74) is 9.26. The Kier molecular flexibility index (Phi) is 10.5. The first-order valence-electron chi connectivity index (χ1n) is 10.6. The maximum Gasteiger partial charge on any atom is 0.191 e. The van der Waals surface area contributed by atoms with Crippen LogP contribution in [0, 0.1) is 11.3 Å². The molecule has 0 saturated carbocycles. The van der Waals surface area contributed by atoms with Crippen LogP contribution in [0.1, 0.15) is 30.2 Å². The van der Waals surface area contributed by atoms with Gasteiger partial charge in [-0.25, -0.2) is 9.67 Å². The number of guanidine groups is 1. The highest BCUT2D eigenvalue weighted by Crippen LogP contribution is 2.21. The summed E-state index contributed by atoms with van der Waals surface area (Å²) in [5, 5.41) is 20.7. The normalized spacial score (nSPS) is 10.8. The number of halogens is 1. The van der Waals surface area contributed by atoms with Gasteiger partial charge in [0.1, 0.15) is 23.2 Å². The predicted molar refractivity (Wildman–Crippen MR) is 142 cm³/mol. The number of aryl methyl sites for hydroxylation is 1. The fourth-order valence-corrected chi connectivity index (χ4v) is 3.25. The van der Waals surface area contributed by atoms with Crippen molar-refractivity contribution >= 4 is 35.8 Å². The van der Waals surface area contributed by atoms with Crippen molar-refractivity contribution < 1.29 is 4.74 Å². The Morgan fingerprint density at radius 2 is 1.88 bits per heavy atom. The Morgan fingerprint density at radius 3 is 2.52 bits per heavy atom. The molecular formula is C24H30IN7O. The summed E-state index contributed by atoms with van der Waals surface area (Å²) in [6, 6.07) is 19.7. The van der Waals surface area contributed by atoms with Crippen molar-refractivity contribution in [2.75, 3.05) is 25.9 Å². The number of benzene rings is 2. The van der Waals surface area contributed by atoms with Crippen LogP contribution in [0.25, 0.3) is 5.69 Å². The number of nitrogens with one attached hydrogen (secondary N) is 2. The van der Waals surface area contributed by atoms with Crippen LogP contribution in [0.3, 0.4) is 0 Å². The zero-order valence-corrected chi connectivity index (χ0v) is 21.2. The van der Waals surface area contributed by atoms with Gasteiger partial charge in [-0.1, -0.05) is 30.3 Å². The number of nitrogen functional groups attached to an aromatic ring is 1. The Bertz CT molecular complexity index is 1070. The standard InChI is InChI=1S/C24H29N7O.HI/c1-3-27-24(29-17-18-11-13-20(32-2)14-12-18)28-15-7-10-22-21(16-25)23(26)31(30-22)19-8-5-4-6-9-19;/h4-6,8-9,11-14H,3,7,10,15,17,26H2,1-2H3,(H2,27,28,29);1H. The van der Waals surface area contributed by atoms with Crippen LogP contribution >= 0.6 is 24.0 Å². The van der Waals surface area contributed by atoms with Crippen molar-refractivity contribution in [1.29, 1.82) is 5.26 Å². The van der Waals surface area contributed by atoms with E-state index in [0.717, 1.165) is 35.9 Å². The largest absolute Gasteiger partial charge is 0.497 e. The van der Waals surface area contributed by atoms with Crippen molar-refractivity contribution in [1.82, 2.24) is 20.4 Å². The first kappa shape index (κ1) is 26.0. The molecule has 174 valence electrons. The molecule has 0 saturated heterocycles. The maximum atomic E-state index is 9.55. The molecule has 0 amide bonds. The van der Waals surface area contributed by atoms with Gasteiger partial charge in [-0.15, -0.1) is 24.0 Å². The topological polar surface area (TPSA) is 113 Å². The highest BCUT2D eigenvalue weighted by molar-refractivity contribution is 14.0. The molecular weight excluding hydrogens is 529 g/mol. The Balaban J connectivity index is 0.00000385. The minimum Gasteiger partial charge on any atom is -0.497 e. The maximum absolute atomic E-state index is 9.55. The number of para-hydroxylation sites is 1. The molecule has 1 heterocycles. The van der Waals surface area contributed by atoms with Gasteiger partial charge in [-0.2, -0.15) is 10.4 Å². The van der Waals surface area contributed by atoms with Gasteiger partial charge in [0.2, 0.25) is 0 Å². The summed E-state index contributed by atoms with van der Waals surface area (Å²) in [5.74, 6) is 1.95. The molecule has 0 radical (unpaired) electrons. The van der Waals surface area contributed by atoms with E-state index in [0.29, 0.717) is 36.6 Å². The molecule has 0 aliphatic rings. The summed E-state index contributed by atoms with van der Waals surface area (Å²) in [6.45, 7) is 4.06. The van der Waals surface area contributed by atoms with E-state index in [2.05, 4.69) is 26.8 Å². The third-order valence-electron chi connectivity index (χ3n) is 4.91. The Hall–Kier alpha value is -3.26. The van der Waals surface area contributed by atoms with Gasteiger partial charge in [-0.3, -0.25) is 0 Å². The van der Waals surface area contributed by atoms with Crippen LogP contribution < -0.4 is 21.1 Å². The van der Waals surface area contributed by atoms with Crippen molar-refractivity contribution in [3.8, 4) is 17.5 Å². The van der Waals surface area contributed by atoms with Gasteiger partial charge < -0.3 is 21.1 Å². The molecule has 4 N–H and O–H groups in total.